The SMILES string of the molecule is COC1(O[Si](C)(C)C)CCCN(C(=O)OC(C)(C)C)C1c1ccccc1. The van der Waals surface area contributed by atoms with E-state index in [-0.39, 0.29) is 12.1 Å². The van der Waals surface area contributed by atoms with Gasteiger partial charge in [-0.15, -0.1) is 0 Å². The Labute approximate surface area is 158 Å². The number of amides is 1. The molecular weight excluding hydrogens is 346 g/mol. The van der Waals surface area contributed by atoms with Gasteiger partial charge in [-0.1, -0.05) is 30.3 Å². The monoisotopic (exact) mass is 379 g/mol. The van der Waals surface area contributed by atoms with Gasteiger partial charge in [0.05, 0.1) is 0 Å². The fraction of sp³-hybridized carbons (Fsp3) is 0.650. The van der Waals surface area contributed by atoms with Crippen molar-refractivity contribution < 1.29 is 18.7 Å². The van der Waals surface area contributed by atoms with Crippen molar-refractivity contribution in [1.82, 2.24) is 4.90 Å². The van der Waals surface area contributed by atoms with Gasteiger partial charge in [-0.05, 0) is 52.4 Å². The average molecular weight is 380 g/mol. The Morgan fingerprint density at radius 2 is 1.81 bits per heavy atom. The van der Waals surface area contributed by atoms with Crippen LogP contribution in [0.2, 0.25) is 19.6 Å². The van der Waals surface area contributed by atoms with Gasteiger partial charge in [-0.3, -0.25) is 4.90 Å². The van der Waals surface area contributed by atoms with Gasteiger partial charge in [0.15, 0.2) is 14.1 Å². The van der Waals surface area contributed by atoms with Gasteiger partial charge in [0.25, 0.3) is 0 Å². The summed E-state index contributed by atoms with van der Waals surface area (Å²) in [6.07, 6.45) is 1.22. The molecule has 1 amide bonds. The lowest BCUT2D eigenvalue weighted by molar-refractivity contribution is -0.230. The minimum atomic E-state index is -1.93. The molecule has 2 unspecified atom stereocenters. The topological polar surface area (TPSA) is 48.0 Å². The highest BCUT2D eigenvalue weighted by Gasteiger charge is 2.51. The Morgan fingerprint density at radius 3 is 2.31 bits per heavy atom. The third-order valence-electron chi connectivity index (χ3n) is 4.22. The first kappa shape index (κ1) is 20.9. The molecule has 0 N–H and O–H groups in total. The zero-order valence-corrected chi connectivity index (χ0v) is 18.2. The van der Waals surface area contributed by atoms with Crippen LogP contribution in [0.15, 0.2) is 30.3 Å². The Hall–Kier alpha value is -1.37. The molecule has 2 rings (SSSR count). The van der Waals surface area contributed by atoms with Gasteiger partial charge >= 0.3 is 6.09 Å². The Kier molecular flexibility index (Phi) is 6.20. The van der Waals surface area contributed by atoms with Crippen LogP contribution in [-0.2, 0) is 13.9 Å². The smallest absolute Gasteiger partial charge is 0.410 e. The predicted octanol–water partition coefficient (Wildman–Crippen LogP) is 4.95. The second-order valence-corrected chi connectivity index (χ2v) is 13.2. The average Bonchev–Trinajstić information content (AvgIpc) is 2.52. The molecule has 0 saturated carbocycles. The quantitative estimate of drug-likeness (QED) is 0.548. The molecule has 0 bridgehead atoms. The molecule has 6 heteroatoms. The third kappa shape index (κ3) is 5.08. The minimum Gasteiger partial charge on any atom is -0.444 e. The summed E-state index contributed by atoms with van der Waals surface area (Å²) in [4.78, 5) is 14.7. The van der Waals surface area contributed by atoms with E-state index in [1.807, 2.05) is 51.1 Å². The molecule has 26 heavy (non-hydrogen) atoms. The van der Waals surface area contributed by atoms with Gasteiger partial charge in [-0.2, -0.15) is 0 Å². The fourth-order valence-electron chi connectivity index (χ4n) is 3.47. The Balaban J connectivity index is 2.48. The van der Waals surface area contributed by atoms with Crippen LogP contribution in [0.1, 0.15) is 45.2 Å². The minimum absolute atomic E-state index is 0.327. The van der Waals surface area contributed by atoms with Crippen molar-refractivity contribution in [3.63, 3.8) is 0 Å². The molecule has 0 spiro atoms. The van der Waals surface area contributed by atoms with Crippen LogP contribution in [0.3, 0.4) is 0 Å². The molecule has 146 valence electrons. The molecule has 0 aliphatic carbocycles. The van der Waals surface area contributed by atoms with E-state index in [4.69, 9.17) is 13.9 Å². The van der Waals surface area contributed by atoms with Crippen molar-refractivity contribution in [2.75, 3.05) is 13.7 Å². The number of piperidine rings is 1. The maximum Gasteiger partial charge on any atom is 0.410 e. The third-order valence-corrected chi connectivity index (χ3v) is 5.18. The molecule has 1 heterocycles. The summed E-state index contributed by atoms with van der Waals surface area (Å²) in [5.74, 6) is -0.860. The highest BCUT2D eigenvalue weighted by atomic mass is 28.4. The largest absolute Gasteiger partial charge is 0.444 e. The molecular formula is C20H33NO4Si. The number of rotatable bonds is 4. The number of carbonyl (C=O) groups excluding carboxylic acids is 1. The lowest BCUT2D eigenvalue weighted by Gasteiger charge is -2.50. The molecule has 0 radical (unpaired) electrons. The van der Waals surface area contributed by atoms with E-state index >= 15 is 0 Å². The second kappa shape index (κ2) is 7.70. The summed E-state index contributed by atoms with van der Waals surface area (Å²) in [5, 5.41) is 0. The summed E-state index contributed by atoms with van der Waals surface area (Å²) in [7, 11) is -0.252. The highest BCUT2D eigenvalue weighted by molar-refractivity contribution is 6.69. The van der Waals surface area contributed by atoms with E-state index in [0.29, 0.717) is 6.54 Å². The molecule has 1 aromatic rings. The van der Waals surface area contributed by atoms with Gasteiger partial charge in [0.1, 0.15) is 11.6 Å². The number of benzene rings is 1. The summed E-state index contributed by atoms with van der Waals surface area (Å²) < 4.78 is 18.2. The van der Waals surface area contributed by atoms with Crippen molar-refractivity contribution in [1.29, 1.82) is 0 Å². The summed E-state index contributed by atoms with van der Waals surface area (Å²) in [5.41, 5.74) is 0.448. The molecule has 2 atom stereocenters. The zero-order valence-electron chi connectivity index (χ0n) is 17.2. The van der Waals surface area contributed by atoms with E-state index in [1.165, 1.54) is 0 Å². The van der Waals surface area contributed by atoms with E-state index in [0.717, 1.165) is 18.4 Å². The lowest BCUT2D eigenvalue weighted by Crippen LogP contribution is -2.58. The summed E-state index contributed by atoms with van der Waals surface area (Å²) >= 11 is 0. The number of hydrogen-bond donors (Lipinski definition) is 0. The standard InChI is InChI=1S/C20H33NO4Si/c1-19(2,3)24-18(22)21-15-11-14-20(23-4,25-26(5,6)7)17(21)16-12-9-8-10-13-16/h8-10,12-13,17H,11,14-15H2,1-7H3. The van der Waals surface area contributed by atoms with Crippen molar-refractivity contribution in [2.45, 2.75) is 70.7 Å². The van der Waals surface area contributed by atoms with Crippen LogP contribution in [0.5, 0.6) is 0 Å². The van der Waals surface area contributed by atoms with Crippen molar-refractivity contribution in [2.24, 2.45) is 0 Å². The molecule has 0 aromatic heterocycles. The van der Waals surface area contributed by atoms with Crippen molar-refractivity contribution in [3.8, 4) is 0 Å². The van der Waals surface area contributed by atoms with E-state index < -0.39 is 19.7 Å². The van der Waals surface area contributed by atoms with E-state index in [1.54, 1.807) is 12.0 Å². The molecule has 1 fully saturated rings. The van der Waals surface area contributed by atoms with Crippen LogP contribution < -0.4 is 0 Å². The molecule has 1 aromatic carbocycles. The van der Waals surface area contributed by atoms with Gasteiger partial charge in [-0.25, -0.2) is 4.79 Å². The highest BCUT2D eigenvalue weighted by Crippen LogP contribution is 2.44. The molecule has 1 aliphatic heterocycles. The summed E-state index contributed by atoms with van der Waals surface area (Å²) in [6.45, 7) is 12.7. The molecule has 5 nitrogen and oxygen atoms in total. The van der Waals surface area contributed by atoms with Crippen LogP contribution in [-0.4, -0.2) is 44.4 Å². The first-order valence-corrected chi connectivity index (χ1v) is 12.7. The maximum absolute atomic E-state index is 13.0. The molecule has 1 saturated heterocycles. The van der Waals surface area contributed by atoms with Crippen LogP contribution in [0.4, 0.5) is 4.79 Å². The van der Waals surface area contributed by atoms with Gasteiger partial charge in [0, 0.05) is 20.1 Å². The zero-order chi connectivity index (χ0) is 19.6. The normalized spacial score (nSPS) is 24.4. The Bertz CT molecular complexity index is 608. The predicted molar refractivity (Wildman–Crippen MR) is 106 cm³/mol. The Morgan fingerprint density at radius 1 is 1.19 bits per heavy atom. The second-order valence-electron chi connectivity index (χ2n) is 8.82. The first-order valence-electron chi connectivity index (χ1n) is 9.27. The van der Waals surface area contributed by atoms with Gasteiger partial charge < -0.3 is 13.9 Å². The number of hydrogen-bond acceptors (Lipinski definition) is 4. The van der Waals surface area contributed by atoms with Crippen molar-refractivity contribution in [3.05, 3.63) is 35.9 Å². The van der Waals surface area contributed by atoms with E-state index in [2.05, 4.69) is 19.6 Å². The van der Waals surface area contributed by atoms with E-state index in [9.17, 15) is 4.79 Å². The number of nitrogens with zero attached hydrogens (tertiary/aromatic N) is 1. The van der Waals surface area contributed by atoms with Crippen LogP contribution in [0, 0.1) is 0 Å². The van der Waals surface area contributed by atoms with Crippen LogP contribution >= 0.6 is 0 Å². The lowest BCUT2D eigenvalue weighted by atomic mass is 9.89. The molecule has 1 aliphatic rings. The number of carbonyl (C=O) groups is 1. The number of methoxy groups -OCH3 is 1. The van der Waals surface area contributed by atoms with Crippen molar-refractivity contribution >= 4 is 14.4 Å². The number of likely N-dealkylation sites (tertiary alicyclic amines) is 1. The first-order chi connectivity index (χ1) is 12.0. The summed E-state index contributed by atoms with van der Waals surface area (Å²) in [6, 6.07) is 9.63. The van der Waals surface area contributed by atoms with Crippen LogP contribution in [0.25, 0.3) is 0 Å². The maximum atomic E-state index is 13.0. The number of ether oxygens (including phenoxy) is 2. The fourth-order valence-corrected chi connectivity index (χ4v) is 4.80. The van der Waals surface area contributed by atoms with Gasteiger partial charge in [0.2, 0.25) is 0 Å².